The SMILES string of the molecule is CC(C)Oc1ccc(NC(N)=NCc2nccn2C)cc1.I. The molecule has 22 heavy (non-hydrogen) atoms. The highest BCUT2D eigenvalue weighted by molar-refractivity contribution is 14.0. The largest absolute Gasteiger partial charge is 0.491 e. The van der Waals surface area contributed by atoms with E-state index >= 15 is 0 Å². The molecule has 0 atom stereocenters. The maximum absolute atomic E-state index is 5.86. The topological polar surface area (TPSA) is 77.5 Å². The second-order valence-electron chi connectivity index (χ2n) is 4.97. The molecule has 6 nitrogen and oxygen atoms in total. The fraction of sp³-hybridized carbons (Fsp3) is 0.333. The second kappa shape index (κ2) is 8.62. The summed E-state index contributed by atoms with van der Waals surface area (Å²) in [5.41, 5.74) is 6.73. The van der Waals surface area contributed by atoms with Crippen LogP contribution in [0, 0.1) is 0 Å². The number of aliphatic imine (C=N–C) groups is 1. The molecule has 0 radical (unpaired) electrons. The number of aryl methyl sites for hydroxylation is 1. The highest BCUT2D eigenvalue weighted by Crippen LogP contribution is 2.16. The highest BCUT2D eigenvalue weighted by atomic mass is 127. The van der Waals surface area contributed by atoms with Crippen molar-refractivity contribution in [2.24, 2.45) is 17.8 Å². The average Bonchev–Trinajstić information content (AvgIpc) is 2.84. The van der Waals surface area contributed by atoms with E-state index in [1.807, 2.05) is 55.9 Å². The van der Waals surface area contributed by atoms with Crippen LogP contribution in [0.3, 0.4) is 0 Å². The summed E-state index contributed by atoms with van der Waals surface area (Å²) in [5, 5.41) is 3.04. The molecule has 0 unspecified atom stereocenters. The zero-order valence-corrected chi connectivity index (χ0v) is 15.3. The minimum Gasteiger partial charge on any atom is -0.491 e. The number of anilines is 1. The molecular formula is C15H22IN5O. The molecule has 1 aromatic carbocycles. The maximum Gasteiger partial charge on any atom is 0.193 e. The van der Waals surface area contributed by atoms with Gasteiger partial charge in [-0.2, -0.15) is 0 Å². The number of aromatic nitrogens is 2. The Hall–Kier alpha value is -1.77. The lowest BCUT2D eigenvalue weighted by molar-refractivity contribution is 0.242. The summed E-state index contributed by atoms with van der Waals surface area (Å²) in [5.74, 6) is 2.05. The van der Waals surface area contributed by atoms with Crippen molar-refractivity contribution in [3.8, 4) is 5.75 Å². The van der Waals surface area contributed by atoms with Gasteiger partial charge in [0.2, 0.25) is 0 Å². The van der Waals surface area contributed by atoms with E-state index in [1.165, 1.54) is 0 Å². The molecule has 0 saturated carbocycles. The first kappa shape index (κ1) is 18.3. The molecule has 3 N–H and O–H groups in total. The van der Waals surface area contributed by atoms with Crippen molar-refractivity contribution in [1.82, 2.24) is 9.55 Å². The van der Waals surface area contributed by atoms with E-state index in [-0.39, 0.29) is 30.1 Å². The Morgan fingerprint density at radius 1 is 1.36 bits per heavy atom. The van der Waals surface area contributed by atoms with E-state index < -0.39 is 0 Å². The minimum atomic E-state index is 0. The summed E-state index contributed by atoms with van der Waals surface area (Å²) in [6.07, 6.45) is 3.78. The number of nitrogens with zero attached hydrogens (tertiary/aromatic N) is 3. The zero-order chi connectivity index (χ0) is 15.2. The first-order valence-electron chi connectivity index (χ1n) is 6.84. The molecule has 0 spiro atoms. The van der Waals surface area contributed by atoms with Crippen LogP contribution < -0.4 is 15.8 Å². The van der Waals surface area contributed by atoms with Crippen LogP contribution in [0.4, 0.5) is 5.69 Å². The summed E-state index contributed by atoms with van der Waals surface area (Å²) in [6.45, 7) is 4.43. The minimum absolute atomic E-state index is 0. The molecule has 0 amide bonds. The van der Waals surface area contributed by atoms with E-state index in [1.54, 1.807) is 6.20 Å². The van der Waals surface area contributed by atoms with Gasteiger partial charge in [0.15, 0.2) is 5.96 Å². The van der Waals surface area contributed by atoms with Crippen molar-refractivity contribution in [1.29, 1.82) is 0 Å². The third kappa shape index (κ3) is 5.55. The number of benzene rings is 1. The second-order valence-corrected chi connectivity index (χ2v) is 4.97. The molecule has 1 aromatic heterocycles. The Balaban J connectivity index is 0.00000242. The van der Waals surface area contributed by atoms with Gasteiger partial charge in [-0.05, 0) is 38.1 Å². The van der Waals surface area contributed by atoms with E-state index in [2.05, 4.69) is 15.3 Å². The molecule has 0 saturated heterocycles. The van der Waals surface area contributed by atoms with Crippen LogP contribution in [0.2, 0.25) is 0 Å². The van der Waals surface area contributed by atoms with Crippen LogP contribution in [-0.2, 0) is 13.6 Å². The predicted octanol–water partition coefficient (Wildman–Crippen LogP) is 2.75. The fourth-order valence-electron chi connectivity index (χ4n) is 1.78. The van der Waals surface area contributed by atoms with Gasteiger partial charge in [-0.3, -0.25) is 0 Å². The molecule has 1 heterocycles. The van der Waals surface area contributed by atoms with Crippen LogP contribution in [0.1, 0.15) is 19.7 Å². The number of rotatable bonds is 5. The Morgan fingerprint density at radius 2 is 2.05 bits per heavy atom. The van der Waals surface area contributed by atoms with Crippen LogP contribution in [0.5, 0.6) is 5.75 Å². The zero-order valence-electron chi connectivity index (χ0n) is 13.0. The van der Waals surface area contributed by atoms with Gasteiger partial charge in [0.05, 0.1) is 6.10 Å². The van der Waals surface area contributed by atoms with Crippen molar-refractivity contribution >= 4 is 35.6 Å². The van der Waals surface area contributed by atoms with Gasteiger partial charge in [-0.15, -0.1) is 24.0 Å². The lowest BCUT2D eigenvalue weighted by atomic mass is 10.3. The molecule has 2 aromatic rings. The van der Waals surface area contributed by atoms with Gasteiger partial charge in [-0.1, -0.05) is 0 Å². The molecule has 2 rings (SSSR count). The Labute approximate surface area is 147 Å². The molecular weight excluding hydrogens is 393 g/mol. The molecule has 0 fully saturated rings. The molecule has 120 valence electrons. The predicted molar refractivity (Wildman–Crippen MR) is 99.8 cm³/mol. The quantitative estimate of drug-likeness (QED) is 0.447. The van der Waals surface area contributed by atoms with Gasteiger partial charge in [0.25, 0.3) is 0 Å². The van der Waals surface area contributed by atoms with Gasteiger partial charge in [0.1, 0.15) is 18.1 Å². The van der Waals surface area contributed by atoms with Crippen molar-refractivity contribution < 1.29 is 4.74 Å². The first-order chi connectivity index (χ1) is 10.0. The van der Waals surface area contributed by atoms with Crippen LogP contribution >= 0.6 is 24.0 Å². The number of halogens is 1. The number of nitrogens with one attached hydrogen (secondary N) is 1. The van der Waals surface area contributed by atoms with Crippen molar-refractivity contribution in [3.05, 3.63) is 42.5 Å². The molecule has 0 aliphatic rings. The Kier molecular flexibility index (Phi) is 7.16. The van der Waals surface area contributed by atoms with E-state index in [0.29, 0.717) is 12.5 Å². The van der Waals surface area contributed by atoms with Gasteiger partial charge in [-0.25, -0.2) is 9.98 Å². The lowest BCUT2D eigenvalue weighted by Crippen LogP contribution is -2.22. The summed E-state index contributed by atoms with van der Waals surface area (Å²) in [6, 6.07) is 7.60. The Bertz CT molecular complexity index is 607. The molecule has 0 aliphatic carbocycles. The van der Waals surface area contributed by atoms with Gasteiger partial charge < -0.3 is 20.4 Å². The average molecular weight is 415 g/mol. The monoisotopic (exact) mass is 415 g/mol. The van der Waals surface area contributed by atoms with Crippen molar-refractivity contribution in [3.63, 3.8) is 0 Å². The van der Waals surface area contributed by atoms with E-state index in [9.17, 15) is 0 Å². The summed E-state index contributed by atoms with van der Waals surface area (Å²) < 4.78 is 7.50. The summed E-state index contributed by atoms with van der Waals surface area (Å²) in [7, 11) is 1.93. The van der Waals surface area contributed by atoms with Crippen molar-refractivity contribution in [2.75, 3.05) is 5.32 Å². The van der Waals surface area contributed by atoms with Crippen LogP contribution in [0.15, 0.2) is 41.7 Å². The number of ether oxygens (including phenoxy) is 1. The third-order valence-electron chi connectivity index (χ3n) is 2.81. The smallest absolute Gasteiger partial charge is 0.193 e. The molecule has 0 bridgehead atoms. The van der Waals surface area contributed by atoms with Crippen molar-refractivity contribution in [2.45, 2.75) is 26.5 Å². The number of hydrogen-bond acceptors (Lipinski definition) is 3. The summed E-state index contributed by atoms with van der Waals surface area (Å²) >= 11 is 0. The molecule has 0 aliphatic heterocycles. The maximum atomic E-state index is 5.86. The third-order valence-corrected chi connectivity index (χ3v) is 2.81. The van der Waals surface area contributed by atoms with Crippen LogP contribution in [0.25, 0.3) is 0 Å². The lowest BCUT2D eigenvalue weighted by Gasteiger charge is -2.10. The molecule has 7 heteroatoms. The van der Waals surface area contributed by atoms with E-state index in [0.717, 1.165) is 17.3 Å². The fourth-order valence-corrected chi connectivity index (χ4v) is 1.78. The highest BCUT2D eigenvalue weighted by Gasteiger charge is 2.00. The number of hydrogen-bond donors (Lipinski definition) is 2. The first-order valence-corrected chi connectivity index (χ1v) is 6.84. The van der Waals surface area contributed by atoms with Crippen LogP contribution in [-0.4, -0.2) is 21.6 Å². The van der Waals surface area contributed by atoms with E-state index in [4.69, 9.17) is 10.5 Å². The standard InChI is InChI=1S/C15H21N5O.HI/c1-11(2)21-13-6-4-12(5-7-13)19-15(16)18-10-14-17-8-9-20(14)3;/h4-9,11H,10H2,1-3H3,(H3,16,18,19);1H. The number of imidazole rings is 1. The number of nitrogens with two attached hydrogens (primary N) is 1. The number of guanidine groups is 1. The van der Waals surface area contributed by atoms with Gasteiger partial charge in [0, 0.05) is 25.1 Å². The van der Waals surface area contributed by atoms with Gasteiger partial charge >= 0.3 is 0 Å². The normalized spacial score (nSPS) is 11.2. The summed E-state index contributed by atoms with van der Waals surface area (Å²) in [4.78, 5) is 8.45. The Morgan fingerprint density at radius 3 is 2.59 bits per heavy atom.